The number of anilines is 2. The zero-order valence-electron chi connectivity index (χ0n) is 17.7. The fourth-order valence-corrected chi connectivity index (χ4v) is 3.54. The molecule has 1 aliphatic heterocycles. The highest BCUT2D eigenvalue weighted by Crippen LogP contribution is 2.33. The summed E-state index contributed by atoms with van der Waals surface area (Å²) < 4.78 is 31.7. The van der Waals surface area contributed by atoms with E-state index < -0.39 is 12.1 Å². The number of halogens is 3. The lowest BCUT2D eigenvalue weighted by molar-refractivity contribution is -0.192. The van der Waals surface area contributed by atoms with Gasteiger partial charge in [-0.1, -0.05) is 42.5 Å². The highest BCUT2D eigenvalue weighted by molar-refractivity contribution is 5.90. The third-order valence-electron chi connectivity index (χ3n) is 5.17. The number of hydrogen-bond donors (Lipinski definition) is 2. The molecular weight excluding hydrogens is 423 g/mol. The molecule has 0 bridgehead atoms. The first-order chi connectivity index (χ1) is 15.0. The third kappa shape index (κ3) is 5.08. The first-order valence-electron chi connectivity index (χ1n) is 9.85. The van der Waals surface area contributed by atoms with Crippen LogP contribution in [-0.2, 0) is 10.3 Å². The van der Waals surface area contributed by atoms with Crippen LogP contribution in [0.2, 0.25) is 0 Å². The highest BCUT2D eigenvalue weighted by atomic mass is 19.4. The van der Waals surface area contributed by atoms with Crippen LogP contribution in [0.3, 0.4) is 0 Å². The second-order valence-electron chi connectivity index (χ2n) is 7.76. The van der Waals surface area contributed by atoms with Gasteiger partial charge < -0.3 is 20.6 Å². The molecule has 170 valence electrons. The summed E-state index contributed by atoms with van der Waals surface area (Å²) in [6.45, 7) is 1.58. The number of aromatic nitrogens is 2. The van der Waals surface area contributed by atoms with E-state index in [2.05, 4.69) is 23.1 Å². The van der Waals surface area contributed by atoms with E-state index in [4.69, 9.17) is 25.6 Å². The molecule has 0 aliphatic carbocycles. The zero-order chi connectivity index (χ0) is 23.5. The van der Waals surface area contributed by atoms with Gasteiger partial charge in [-0.25, -0.2) is 9.78 Å². The molecule has 0 spiro atoms. The quantitative estimate of drug-likeness (QED) is 0.635. The number of para-hydroxylation sites is 1. The fraction of sp³-hybridized carbons (Fsp3) is 0.318. The van der Waals surface area contributed by atoms with Crippen molar-refractivity contribution in [3.05, 3.63) is 60.2 Å². The van der Waals surface area contributed by atoms with Crippen molar-refractivity contribution in [3.63, 3.8) is 0 Å². The predicted molar refractivity (Wildman–Crippen MR) is 117 cm³/mol. The Balaban J connectivity index is 0.000000360. The number of rotatable bonds is 3. The minimum atomic E-state index is -5.08. The molecule has 0 saturated carbocycles. The molecule has 1 atom stereocenters. The second kappa shape index (κ2) is 8.99. The molecule has 32 heavy (non-hydrogen) atoms. The summed E-state index contributed by atoms with van der Waals surface area (Å²) in [4.78, 5) is 22.8. The van der Waals surface area contributed by atoms with Crippen LogP contribution in [0.15, 0.2) is 54.6 Å². The molecule has 1 fully saturated rings. The largest absolute Gasteiger partial charge is 0.490 e. The van der Waals surface area contributed by atoms with Gasteiger partial charge in [0, 0.05) is 32.6 Å². The standard InChI is InChI=1S/C20H23N5.C2HF3O2/c1-24(2)18-16-10-6-7-11-17(16)22-19(23-18)25-13-12-20(21,14-25)15-8-4-3-5-9-15;3-2(4,5)1(6)7/h3-11H,12-14,21H2,1-2H3;(H,6,7). The molecule has 4 rings (SSSR count). The van der Waals surface area contributed by atoms with E-state index >= 15 is 0 Å². The number of carboxylic acid groups (broad SMARTS) is 1. The summed E-state index contributed by atoms with van der Waals surface area (Å²) in [6.07, 6.45) is -4.19. The van der Waals surface area contributed by atoms with Crippen LogP contribution in [-0.4, -0.2) is 54.4 Å². The minimum Gasteiger partial charge on any atom is -0.475 e. The van der Waals surface area contributed by atoms with Gasteiger partial charge >= 0.3 is 12.1 Å². The van der Waals surface area contributed by atoms with Gasteiger partial charge in [0.25, 0.3) is 0 Å². The topological polar surface area (TPSA) is 95.6 Å². The summed E-state index contributed by atoms with van der Waals surface area (Å²) in [7, 11) is 4.03. The van der Waals surface area contributed by atoms with E-state index in [0.717, 1.165) is 42.2 Å². The van der Waals surface area contributed by atoms with Crippen molar-refractivity contribution in [2.45, 2.75) is 18.1 Å². The minimum absolute atomic E-state index is 0.353. The Morgan fingerprint density at radius 2 is 1.69 bits per heavy atom. The van der Waals surface area contributed by atoms with Crippen LogP contribution >= 0.6 is 0 Å². The van der Waals surface area contributed by atoms with Crippen molar-refractivity contribution in [3.8, 4) is 0 Å². The van der Waals surface area contributed by atoms with Crippen molar-refractivity contribution >= 4 is 28.6 Å². The Kier molecular flexibility index (Phi) is 6.54. The number of carbonyl (C=O) groups is 1. The van der Waals surface area contributed by atoms with E-state index in [1.54, 1.807) is 0 Å². The van der Waals surface area contributed by atoms with Gasteiger partial charge in [0.2, 0.25) is 5.95 Å². The van der Waals surface area contributed by atoms with Crippen LogP contribution in [0, 0.1) is 0 Å². The number of carboxylic acids is 1. The SMILES string of the molecule is CN(C)c1nc(N2CCC(N)(c3ccccc3)C2)nc2ccccc12.O=C(O)C(F)(F)F. The molecule has 3 aromatic rings. The number of fused-ring (bicyclic) bond motifs is 1. The van der Waals surface area contributed by atoms with Gasteiger partial charge in [0.15, 0.2) is 0 Å². The van der Waals surface area contributed by atoms with Gasteiger partial charge in [-0.15, -0.1) is 0 Å². The van der Waals surface area contributed by atoms with Gasteiger partial charge in [0.1, 0.15) is 5.82 Å². The van der Waals surface area contributed by atoms with Crippen LogP contribution < -0.4 is 15.5 Å². The lowest BCUT2D eigenvalue weighted by Crippen LogP contribution is -2.40. The van der Waals surface area contributed by atoms with E-state index in [1.807, 2.05) is 55.4 Å². The third-order valence-corrected chi connectivity index (χ3v) is 5.17. The highest BCUT2D eigenvalue weighted by Gasteiger charge is 2.38. The van der Waals surface area contributed by atoms with Crippen LogP contribution in [0.4, 0.5) is 24.9 Å². The Morgan fingerprint density at radius 3 is 2.28 bits per heavy atom. The Hall–Kier alpha value is -3.40. The maximum absolute atomic E-state index is 10.6. The average molecular weight is 447 g/mol. The molecule has 1 saturated heterocycles. The zero-order valence-corrected chi connectivity index (χ0v) is 17.7. The molecule has 0 amide bonds. The van der Waals surface area contributed by atoms with Crippen molar-refractivity contribution in [1.29, 1.82) is 0 Å². The number of aliphatic carboxylic acids is 1. The van der Waals surface area contributed by atoms with E-state index in [9.17, 15) is 13.2 Å². The lowest BCUT2D eigenvalue weighted by atomic mass is 9.90. The molecule has 2 heterocycles. The van der Waals surface area contributed by atoms with Crippen LogP contribution in [0.5, 0.6) is 0 Å². The van der Waals surface area contributed by atoms with Gasteiger partial charge in [-0.05, 0) is 24.1 Å². The van der Waals surface area contributed by atoms with E-state index in [0.29, 0.717) is 0 Å². The van der Waals surface area contributed by atoms with E-state index in [-0.39, 0.29) is 5.54 Å². The molecule has 1 aliphatic rings. The maximum atomic E-state index is 10.6. The normalized spacial score (nSPS) is 18.2. The predicted octanol–water partition coefficient (Wildman–Crippen LogP) is 3.39. The fourth-order valence-electron chi connectivity index (χ4n) is 3.54. The van der Waals surface area contributed by atoms with Crippen molar-refractivity contribution in [2.75, 3.05) is 37.0 Å². The van der Waals surface area contributed by atoms with Crippen molar-refractivity contribution in [2.24, 2.45) is 5.73 Å². The lowest BCUT2D eigenvalue weighted by Gasteiger charge is -2.26. The molecule has 1 aromatic heterocycles. The molecule has 3 N–H and O–H groups in total. The molecule has 0 radical (unpaired) electrons. The smallest absolute Gasteiger partial charge is 0.475 e. The van der Waals surface area contributed by atoms with Crippen LogP contribution in [0.1, 0.15) is 12.0 Å². The molecule has 7 nitrogen and oxygen atoms in total. The number of hydrogen-bond acceptors (Lipinski definition) is 6. The number of nitrogens with two attached hydrogens (primary N) is 1. The molecule has 2 aromatic carbocycles. The van der Waals surface area contributed by atoms with Gasteiger partial charge in [0.05, 0.1) is 11.1 Å². The summed E-state index contributed by atoms with van der Waals surface area (Å²) in [6, 6.07) is 18.5. The number of alkyl halides is 3. The monoisotopic (exact) mass is 447 g/mol. The summed E-state index contributed by atoms with van der Waals surface area (Å²) >= 11 is 0. The number of benzene rings is 2. The first kappa shape index (κ1) is 23.3. The first-order valence-corrected chi connectivity index (χ1v) is 9.85. The van der Waals surface area contributed by atoms with Crippen molar-refractivity contribution < 1.29 is 23.1 Å². The molecule has 10 heteroatoms. The van der Waals surface area contributed by atoms with Crippen molar-refractivity contribution in [1.82, 2.24) is 9.97 Å². The van der Waals surface area contributed by atoms with Crippen LogP contribution in [0.25, 0.3) is 10.9 Å². The Morgan fingerprint density at radius 1 is 1.09 bits per heavy atom. The Labute approximate surface area is 183 Å². The second-order valence-corrected chi connectivity index (χ2v) is 7.76. The summed E-state index contributed by atoms with van der Waals surface area (Å²) in [5.41, 5.74) is 8.49. The maximum Gasteiger partial charge on any atom is 0.490 e. The summed E-state index contributed by atoms with van der Waals surface area (Å²) in [5, 5.41) is 8.19. The average Bonchev–Trinajstić information content (AvgIpc) is 3.17. The molecule has 1 unspecified atom stereocenters. The number of nitrogens with zero attached hydrogens (tertiary/aromatic N) is 4. The van der Waals surface area contributed by atoms with E-state index in [1.165, 1.54) is 5.56 Å². The summed E-state index contributed by atoms with van der Waals surface area (Å²) in [5.74, 6) is -1.06. The Bertz CT molecular complexity index is 1090. The molecular formula is C22H24F3N5O2. The van der Waals surface area contributed by atoms with Gasteiger partial charge in [-0.3, -0.25) is 0 Å². The van der Waals surface area contributed by atoms with Gasteiger partial charge in [-0.2, -0.15) is 18.2 Å².